The molecule has 11 aromatic rings. The monoisotopic (exact) mass is 1900 g/mol. The third-order valence-electron chi connectivity index (χ3n) is 27.3. The molecule has 8 N–H and O–H groups in total. The molecule has 36 nitrogen and oxygen atoms in total. The number of halogens is 4. The number of anilines is 16. The van der Waals surface area contributed by atoms with Gasteiger partial charge < -0.3 is 80.7 Å². The average Bonchev–Trinajstić information content (AvgIpc) is 1.71. The molecule has 0 bridgehead atoms. The minimum atomic E-state index is -1.68. The summed E-state index contributed by atoms with van der Waals surface area (Å²) >= 11 is 13.2. The second kappa shape index (κ2) is 40.5. The Labute approximate surface area is 791 Å². The first-order chi connectivity index (χ1) is 65.4. The summed E-state index contributed by atoms with van der Waals surface area (Å²) in [6.07, 6.45) is 37.7. The van der Waals surface area contributed by atoms with Gasteiger partial charge >= 0.3 is 11.9 Å². The number of H-pyrrole nitrogens is 1. The third-order valence-corrected chi connectivity index (χ3v) is 28.8. The van der Waals surface area contributed by atoms with Crippen LogP contribution in [0.4, 0.5) is 101 Å². The van der Waals surface area contributed by atoms with Crippen molar-refractivity contribution < 1.29 is 52.9 Å². The Bertz CT molecular complexity index is 6150. The fourth-order valence-electron chi connectivity index (χ4n) is 20.6. The number of thiazole rings is 1. The molecule has 4 atom stereocenters. The van der Waals surface area contributed by atoms with Crippen molar-refractivity contribution in [1.82, 2.24) is 75.1 Å². The number of phenols is 1. The topological polar surface area (TPSA) is 424 Å². The maximum absolute atomic E-state index is 14.2. The molecule has 21 rings (SSSR count). The van der Waals surface area contributed by atoms with Crippen molar-refractivity contribution in [2.45, 2.75) is 209 Å². The van der Waals surface area contributed by atoms with E-state index < -0.39 is 35.2 Å². The lowest BCUT2D eigenvalue weighted by atomic mass is 9.93. The molecule has 135 heavy (non-hydrogen) atoms. The standard InChI is InChI=1S/C25H29F2N5O3.C24H25N9O.C23H28Cl2N6O2.C22H23N7O3S/c1-31-20-13-28-25(29-15-11-17(26)21(24(34)35)18(27)12-15)30-22(20)32(16-8-4-5-9-16)19(23(31)33)10-14-6-2-3-7-14;1-32-21-14-26-24(27-16-9-10-18-19(12-16)30-31-29-18)28-22(21)33(17-7-2-3-8-17)20(23(32)34)13-15-6-4-5-11-25-15;1-29-18-12-26-23(27-14-10-16(24)20(32)17(25)11-14)28-21(18)31(15-6-2-3-7-15)19(22(29)33)13-30-8-4-5-9-30;1-28-16-11-25-22(26-17-12-24-19(33-17)21(31)32)27-18(16)29(14-7-2-3-8-14)15(20(28)30)10-13-6-4-5-9-23-13/h11-14,16,19H,2-10H2,1H3,(H,34,35)(H,28,29,30);4-6,9-12,14,17,20H,2-3,7-8,13H2,1H3,(H,26,27,28)(H,29,30,31);10-12,15,19,32H,2-9,13H2,1H3,(H,26,27,28);4-6,9,11-12,14-15H,2-3,7-8,10H2,1H3,(H,31,32)(H,25,26,27)/t19-;20-;19-;15-/m1111/s1. The zero-order valence-electron chi connectivity index (χ0n) is 75.1. The van der Waals surface area contributed by atoms with Gasteiger partial charge in [-0.05, 0) is 156 Å². The normalized spacial score (nSPS) is 19.9. The summed E-state index contributed by atoms with van der Waals surface area (Å²) in [7, 11) is 7.09. The molecular weight excluding hydrogens is 1790 g/mol. The van der Waals surface area contributed by atoms with Gasteiger partial charge in [0.2, 0.25) is 46.5 Å². The number of hydrogen-bond acceptors (Lipinski definition) is 30. The highest BCUT2D eigenvalue weighted by Gasteiger charge is 2.48. The minimum absolute atomic E-state index is 0.000104. The van der Waals surface area contributed by atoms with E-state index in [1.54, 1.807) is 97.1 Å². The second-order valence-electron chi connectivity index (χ2n) is 35.9. The van der Waals surface area contributed by atoms with Gasteiger partial charge in [0, 0.05) is 113 Å². The smallest absolute Gasteiger partial charge is 0.365 e. The van der Waals surface area contributed by atoms with Crippen molar-refractivity contribution >= 4 is 173 Å². The highest BCUT2D eigenvalue weighted by molar-refractivity contribution is 7.17. The van der Waals surface area contributed by atoms with Crippen LogP contribution in [0.2, 0.25) is 10.0 Å². The van der Waals surface area contributed by atoms with Gasteiger partial charge in [-0.3, -0.25) is 29.1 Å². The molecule has 8 aromatic heterocycles. The maximum Gasteiger partial charge on any atom is 0.365 e. The lowest BCUT2D eigenvalue weighted by Crippen LogP contribution is -2.59. The largest absolute Gasteiger partial charge is 0.505 e. The van der Waals surface area contributed by atoms with Crippen LogP contribution in [0.3, 0.4) is 0 Å². The van der Waals surface area contributed by atoms with Crippen molar-refractivity contribution in [1.29, 1.82) is 0 Å². The second-order valence-corrected chi connectivity index (χ2v) is 37.7. The molecule has 5 saturated carbocycles. The number of phenolic OH excluding ortho intramolecular Hbond substituents is 1. The molecule has 1 saturated heterocycles. The molecule has 10 aliphatic rings. The molecule has 3 aromatic carbocycles. The Morgan fingerprint density at radius 1 is 0.444 bits per heavy atom. The van der Waals surface area contributed by atoms with Crippen LogP contribution < -0.4 is 60.5 Å². The number of fused-ring (bicyclic) bond motifs is 5. The number of aromatic amines is 1. The number of nitrogens with zero attached hydrogens (tertiary/aromatic N) is 22. The van der Waals surface area contributed by atoms with Crippen LogP contribution in [0.15, 0.2) is 122 Å². The molecule has 0 spiro atoms. The summed E-state index contributed by atoms with van der Waals surface area (Å²) in [5.74, 6) is -0.360. The first kappa shape index (κ1) is 92.2. The number of carbonyl (C=O) groups is 6. The number of nitrogens with one attached hydrogen (secondary N) is 5. The number of amides is 4. The van der Waals surface area contributed by atoms with Gasteiger partial charge in [-0.25, -0.2) is 43.3 Å². The number of likely N-dealkylation sites (tertiary alicyclic amines) is 1. The molecule has 41 heteroatoms. The fourth-order valence-corrected chi connectivity index (χ4v) is 21.7. The summed E-state index contributed by atoms with van der Waals surface area (Å²) in [5.41, 5.74) is 6.40. The predicted octanol–water partition coefficient (Wildman–Crippen LogP) is 15.6. The number of carboxylic acid groups (broad SMARTS) is 2. The van der Waals surface area contributed by atoms with E-state index in [9.17, 15) is 42.7 Å². The summed E-state index contributed by atoms with van der Waals surface area (Å²) in [4.78, 5) is 144. The number of rotatable bonds is 22. The summed E-state index contributed by atoms with van der Waals surface area (Å²) in [5, 5.41) is 51.9. The summed E-state index contributed by atoms with van der Waals surface area (Å²) < 4.78 is 28.4. The predicted molar refractivity (Wildman–Crippen MR) is 512 cm³/mol. The van der Waals surface area contributed by atoms with Gasteiger partial charge in [0.05, 0.1) is 41.0 Å². The molecule has 6 fully saturated rings. The highest BCUT2D eigenvalue weighted by Crippen LogP contribution is 2.48. The molecule has 4 amide bonds. The molecule has 0 radical (unpaired) electrons. The minimum Gasteiger partial charge on any atom is -0.505 e. The van der Waals surface area contributed by atoms with Crippen LogP contribution >= 0.6 is 34.5 Å². The molecule has 5 aliphatic heterocycles. The first-order valence-corrected chi connectivity index (χ1v) is 47.7. The van der Waals surface area contributed by atoms with Crippen molar-refractivity contribution in [3.05, 3.63) is 166 Å². The Kier molecular flexibility index (Phi) is 27.7. The van der Waals surface area contributed by atoms with E-state index in [4.69, 9.17) is 53.4 Å². The van der Waals surface area contributed by atoms with Crippen LogP contribution in [0, 0.1) is 17.6 Å². The number of aromatic hydroxyl groups is 1. The van der Waals surface area contributed by atoms with Gasteiger partial charge in [0.25, 0.3) is 5.91 Å². The molecule has 13 heterocycles. The summed E-state index contributed by atoms with van der Waals surface area (Å²) in [6, 6.07) is 21.9. The van der Waals surface area contributed by atoms with Gasteiger partial charge in [0.1, 0.15) is 80.1 Å². The van der Waals surface area contributed by atoms with Crippen molar-refractivity contribution in [2.24, 2.45) is 5.92 Å². The van der Waals surface area contributed by atoms with E-state index in [-0.39, 0.29) is 98.4 Å². The SMILES string of the molecule is CN1C(=O)[C@@H](CC2CCCC2)N(C2CCCC2)c2nc(Nc3cc(F)c(C(=O)O)c(F)c3)ncc21.CN1C(=O)[C@@H](CN2CCCC2)N(C2CCCC2)c2nc(Nc3cc(Cl)c(O)c(Cl)c3)ncc21.CN1C(=O)[C@@H](Cc2ccccn2)N(C2CCCC2)c2nc(Nc3ccc4n[nH]nc4c3)ncc21.CN1C(=O)[C@@H](Cc2ccccn2)N(C2CCCC2)c2nc(Nc3cnc(C(=O)O)s3)ncc21. The Morgan fingerprint density at radius 2 is 0.837 bits per heavy atom. The maximum atomic E-state index is 14.2. The molecule has 0 unspecified atom stereocenters. The first-order valence-electron chi connectivity index (χ1n) is 46.2. The molecular formula is C94H105Cl2F2N27O9S. The zero-order chi connectivity index (χ0) is 93.8. The van der Waals surface area contributed by atoms with E-state index in [0.717, 1.165) is 216 Å². The number of pyridine rings is 2. The van der Waals surface area contributed by atoms with Crippen molar-refractivity contribution in [2.75, 3.05) is 108 Å². The quantitative estimate of drug-likeness (QED) is 0.0292. The van der Waals surface area contributed by atoms with Crippen molar-refractivity contribution in [3.8, 4) is 5.75 Å². The lowest BCUT2D eigenvalue weighted by molar-refractivity contribution is -0.121. The van der Waals surface area contributed by atoms with Crippen molar-refractivity contribution in [3.63, 3.8) is 0 Å². The number of hydrogen-bond donors (Lipinski definition) is 8. The van der Waals surface area contributed by atoms with E-state index in [1.807, 2.05) is 54.6 Å². The number of benzene rings is 3. The zero-order valence-corrected chi connectivity index (χ0v) is 77.4. The van der Waals surface area contributed by atoms with Crippen LogP contribution in [-0.2, 0) is 32.0 Å². The van der Waals surface area contributed by atoms with E-state index in [2.05, 4.69) is 96.1 Å². The van der Waals surface area contributed by atoms with Crippen LogP contribution in [0.25, 0.3) is 11.0 Å². The van der Waals surface area contributed by atoms with Gasteiger partial charge in [-0.2, -0.15) is 35.3 Å². The van der Waals surface area contributed by atoms with Gasteiger partial charge in [-0.1, -0.05) is 124 Å². The van der Waals surface area contributed by atoms with E-state index >= 15 is 0 Å². The van der Waals surface area contributed by atoms with Gasteiger partial charge in [-0.15, -0.1) is 0 Å². The molecule has 5 aliphatic carbocycles. The Balaban J connectivity index is 0.000000120. The number of likely N-dealkylation sites (N-methyl/N-ethyl adjacent to an activating group) is 4. The lowest BCUT2D eigenvalue weighted by Gasteiger charge is -2.44. The number of carbonyl (C=O) groups excluding carboxylic acids is 4. The summed E-state index contributed by atoms with van der Waals surface area (Å²) in [6.45, 7) is 2.80. The third kappa shape index (κ3) is 19.9. The van der Waals surface area contributed by atoms with Crippen LogP contribution in [0.1, 0.15) is 179 Å². The Morgan fingerprint density at radius 3 is 1.26 bits per heavy atom. The van der Waals surface area contributed by atoms with E-state index in [1.165, 1.54) is 31.9 Å². The number of aromatic nitrogens is 14. The number of aromatic carboxylic acids is 2. The number of carboxylic acids is 2. The fraction of sp³-hybridized carbons (Fsp3) is 0.436. The van der Waals surface area contributed by atoms with Crippen LogP contribution in [0.5, 0.6) is 5.75 Å². The van der Waals surface area contributed by atoms with Crippen LogP contribution in [-0.4, -0.2) is 222 Å². The van der Waals surface area contributed by atoms with Gasteiger partial charge in [0.15, 0.2) is 29.0 Å². The molecule has 704 valence electrons. The average molecular weight is 1900 g/mol. The highest BCUT2D eigenvalue weighted by atomic mass is 35.5. The Hall–Kier alpha value is -13.3. The van der Waals surface area contributed by atoms with E-state index in [0.29, 0.717) is 70.3 Å².